The fourth-order valence-electron chi connectivity index (χ4n) is 2.30. The van der Waals surface area contributed by atoms with Gasteiger partial charge in [0.1, 0.15) is 0 Å². The topological polar surface area (TPSA) is 54.5 Å². The number of carbonyl (C=O) groups excluding carboxylic acids is 1. The molecule has 6 heteroatoms. The maximum absolute atomic E-state index is 12.3. The highest BCUT2D eigenvalue weighted by atomic mass is 35.7. The van der Waals surface area contributed by atoms with E-state index >= 15 is 0 Å². The molecule has 0 saturated carbocycles. The molecule has 0 spiro atoms. The van der Waals surface area contributed by atoms with Crippen LogP contribution < -0.4 is 0 Å². The molecular weight excluding hydrogens is 286 g/mol. The number of piperidine rings is 1. The van der Waals surface area contributed by atoms with Crippen molar-refractivity contribution >= 4 is 25.6 Å². The van der Waals surface area contributed by atoms with E-state index in [1.807, 2.05) is 4.90 Å². The number of likely N-dealkylation sites (tertiary alicyclic amines) is 1. The highest BCUT2D eigenvalue weighted by Gasteiger charge is 2.21. The lowest BCUT2D eigenvalue weighted by molar-refractivity contribution is 0.0723. The molecule has 0 aromatic heterocycles. The van der Waals surface area contributed by atoms with Gasteiger partial charge < -0.3 is 4.90 Å². The first-order valence-electron chi connectivity index (χ1n) is 6.24. The quantitative estimate of drug-likeness (QED) is 0.789. The third-order valence-corrected chi connectivity index (χ3v) is 4.70. The van der Waals surface area contributed by atoms with Crippen molar-refractivity contribution in [3.05, 3.63) is 29.3 Å². The highest BCUT2D eigenvalue weighted by Crippen LogP contribution is 2.21. The first-order valence-corrected chi connectivity index (χ1v) is 8.55. The molecule has 1 saturated heterocycles. The van der Waals surface area contributed by atoms with Crippen LogP contribution in [0.1, 0.15) is 35.2 Å². The fourth-order valence-corrected chi connectivity index (χ4v) is 3.13. The van der Waals surface area contributed by atoms with E-state index in [2.05, 4.69) is 0 Å². The molecule has 0 aliphatic carbocycles. The summed E-state index contributed by atoms with van der Waals surface area (Å²) in [7, 11) is 1.54. The molecule has 1 fully saturated rings. The molecule has 19 heavy (non-hydrogen) atoms. The van der Waals surface area contributed by atoms with E-state index in [9.17, 15) is 13.2 Å². The van der Waals surface area contributed by atoms with Crippen molar-refractivity contribution < 1.29 is 13.2 Å². The van der Waals surface area contributed by atoms with Gasteiger partial charge in [-0.2, -0.15) is 0 Å². The summed E-state index contributed by atoms with van der Waals surface area (Å²) in [5.41, 5.74) is 1.18. The Hall–Kier alpha value is -1.07. The molecule has 1 aromatic carbocycles. The number of hydrogen-bond acceptors (Lipinski definition) is 3. The first-order chi connectivity index (χ1) is 8.89. The van der Waals surface area contributed by atoms with Gasteiger partial charge in [0.2, 0.25) is 0 Å². The Labute approximate surface area is 117 Å². The van der Waals surface area contributed by atoms with Crippen molar-refractivity contribution in [2.45, 2.75) is 31.1 Å². The second-order valence-corrected chi connectivity index (χ2v) is 7.33. The Balaban J connectivity index is 2.28. The molecular formula is C13H16ClNO3S. The van der Waals surface area contributed by atoms with Gasteiger partial charge in [0.05, 0.1) is 4.90 Å². The molecule has 1 amide bonds. The van der Waals surface area contributed by atoms with Gasteiger partial charge >= 0.3 is 0 Å². The molecule has 1 aromatic rings. The third-order valence-electron chi connectivity index (χ3n) is 3.35. The van der Waals surface area contributed by atoms with Gasteiger partial charge in [0.25, 0.3) is 15.0 Å². The van der Waals surface area contributed by atoms with Crippen LogP contribution in [0, 0.1) is 6.92 Å². The van der Waals surface area contributed by atoms with Crippen LogP contribution in [0.25, 0.3) is 0 Å². The Bertz CT molecular complexity index is 592. The Morgan fingerprint density at radius 2 is 1.84 bits per heavy atom. The lowest BCUT2D eigenvalue weighted by Crippen LogP contribution is -2.35. The highest BCUT2D eigenvalue weighted by molar-refractivity contribution is 8.13. The molecule has 1 aliphatic heterocycles. The second kappa shape index (κ2) is 5.51. The lowest BCUT2D eigenvalue weighted by Gasteiger charge is -2.27. The first kappa shape index (κ1) is 14.3. The Morgan fingerprint density at radius 3 is 2.37 bits per heavy atom. The lowest BCUT2D eigenvalue weighted by atomic mass is 10.1. The molecule has 2 rings (SSSR count). The molecule has 1 aliphatic rings. The van der Waals surface area contributed by atoms with E-state index in [-0.39, 0.29) is 10.8 Å². The minimum atomic E-state index is -3.75. The standard InChI is InChI=1S/C13H16ClNO3S/c1-10-9-11(19(14,17)18)5-6-12(10)13(16)15-7-3-2-4-8-15/h5-6,9H,2-4,7-8H2,1H3. The van der Waals surface area contributed by atoms with Crippen molar-refractivity contribution in [2.75, 3.05) is 13.1 Å². The van der Waals surface area contributed by atoms with Crippen LogP contribution in [-0.2, 0) is 9.05 Å². The van der Waals surface area contributed by atoms with E-state index in [4.69, 9.17) is 10.7 Å². The monoisotopic (exact) mass is 301 g/mol. The number of carbonyl (C=O) groups is 1. The van der Waals surface area contributed by atoms with Gasteiger partial charge in [-0.15, -0.1) is 0 Å². The maximum atomic E-state index is 12.3. The Kier molecular flexibility index (Phi) is 4.16. The summed E-state index contributed by atoms with van der Waals surface area (Å²) in [5, 5.41) is 0. The van der Waals surface area contributed by atoms with Gasteiger partial charge in [-0.1, -0.05) is 0 Å². The number of rotatable bonds is 2. The smallest absolute Gasteiger partial charge is 0.261 e. The maximum Gasteiger partial charge on any atom is 0.261 e. The number of aryl methyl sites for hydroxylation is 1. The molecule has 0 unspecified atom stereocenters. The van der Waals surface area contributed by atoms with Crippen LogP contribution >= 0.6 is 10.7 Å². The third kappa shape index (κ3) is 3.28. The van der Waals surface area contributed by atoms with Crippen molar-refractivity contribution in [3.8, 4) is 0 Å². The van der Waals surface area contributed by atoms with Crippen LogP contribution in [-0.4, -0.2) is 32.3 Å². The summed E-state index contributed by atoms with van der Waals surface area (Å²) >= 11 is 0. The SMILES string of the molecule is Cc1cc(S(=O)(=O)Cl)ccc1C(=O)N1CCCCC1. The van der Waals surface area contributed by atoms with E-state index in [0.29, 0.717) is 11.1 Å². The van der Waals surface area contributed by atoms with Crippen LogP contribution in [0.2, 0.25) is 0 Å². The molecule has 0 atom stereocenters. The normalized spacial score (nSPS) is 16.4. The van der Waals surface area contributed by atoms with Gasteiger partial charge in [-0.3, -0.25) is 4.79 Å². The average Bonchev–Trinajstić information content (AvgIpc) is 2.38. The zero-order valence-electron chi connectivity index (χ0n) is 10.7. The van der Waals surface area contributed by atoms with E-state index in [0.717, 1.165) is 32.4 Å². The molecule has 1 heterocycles. The minimum absolute atomic E-state index is 0.0295. The number of halogens is 1. The largest absolute Gasteiger partial charge is 0.339 e. The number of benzene rings is 1. The number of amides is 1. The summed E-state index contributed by atoms with van der Waals surface area (Å²) in [6.07, 6.45) is 3.21. The Morgan fingerprint density at radius 1 is 1.21 bits per heavy atom. The summed E-state index contributed by atoms with van der Waals surface area (Å²) in [5.74, 6) is -0.0317. The van der Waals surface area contributed by atoms with E-state index in [1.54, 1.807) is 13.0 Å². The van der Waals surface area contributed by atoms with Crippen molar-refractivity contribution in [2.24, 2.45) is 0 Å². The molecule has 0 radical (unpaired) electrons. The van der Waals surface area contributed by atoms with Gasteiger partial charge in [0, 0.05) is 29.3 Å². The summed E-state index contributed by atoms with van der Waals surface area (Å²) in [6, 6.07) is 4.37. The summed E-state index contributed by atoms with van der Waals surface area (Å²) < 4.78 is 22.5. The van der Waals surface area contributed by atoms with Crippen molar-refractivity contribution in [3.63, 3.8) is 0 Å². The van der Waals surface area contributed by atoms with E-state index in [1.165, 1.54) is 12.1 Å². The van der Waals surface area contributed by atoms with Crippen molar-refractivity contribution in [1.82, 2.24) is 4.90 Å². The van der Waals surface area contributed by atoms with Crippen LogP contribution in [0.15, 0.2) is 23.1 Å². The average molecular weight is 302 g/mol. The number of hydrogen-bond donors (Lipinski definition) is 0. The van der Waals surface area contributed by atoms with Gasteiger partial charge in [0.15, 0.2) is 0 Å². The molecule has 4 nitrogen and oxygen atoms in total. The minimum Gasteiger partial charge on any atom is -0.339 e. The van der Waals surface area contributed by atoms with Gasteiger partial charge in [-0.25, -0.2) is 8.42 Å². The molecule has 104 valence electrons. The zero-order chi connectivity index (χ0) is 14.0. The fraction of sp³-hybridized carbons (Fsp3) is 0.462. The van der Waals surface area contributed by atoms with E-state index < -0.39 is 9.05 Å². The van der Waals surface area contributed by atoms with Crippen LogP contribution in [0.5, 0.6) is 0 Å². The predicted molar refractivity (Wildman–Crippen MR) is 74.0 cm³/mol. The molecule has 0 bridgehead atoms. The van der Waals surface area contributed by atoms with Crippen LogP contribution in [0.3, 0.4) is 0 Å². The van der Waals surface area contributed by atoms with Gasteiger partial charge in [-0.05, 0) is 49.9 Å². The number of nitrogens with zero attached hydrogens (tertiary/aromatic N) is 1. The zero-order valence-corrected chi connectivity index (χ0v) is 12.3. The van der Waals surface area contributed by atoms with Crippen molar-refractivity contribution in [1.29, 1.82) is 0 Å². The summed E-state index contributed by atoms with van der Waals surface area (Å²) in [6.45, 7) is 3.27. The second-order valence-electron chi connectivity index (χ2n) is 4.77. The molecule has 0 N–H and O–H groups in total. The summed E-state index contributed by atoms with van der Waals surface area (Å²) in [4.78, 5) is 14.2. The van der Waals surface area contributed by atoms with Crippen LogP contribution in [0.4, 0.5) is 0 Å². The predicted octanol–water partition coefficient (Wildman–Crippen LogP) is 2.55.